The molecule has 1 unspecified atom stereocenters. The molecular formula is C14H11Br2NO2S. The van der Waals surface area contributed by atoms with Gasteiger partial charge in [-0.3, -0.25) is 4.57 Å². The Bertz CT molecular complexity index is 818. The van der Waals surface area contributed by atoms with Crippen molar-refractivity contribution in [2.75, 3.05) is 0 Å². The molecule has 0 aliphatic carbocycles. The number of rotatable bonds is 3. The Kier molecular flexibility index (Phi) is 3.88. The first-order valence-electron chi connectivity index (χ1n) is 6.11. The molecule has 0 aliphatic heterocycles. The summed E-state index contributed by atoms with van der Waals surface area (Å²) in [5, 5.41) is 2.10. The van der Waals surface area contributed by atoms with Crippen molar-refractivity contribution in [2.24, 2.45) is 0 Å². The topological polar surface area (TPSA) is 35.1 Å². The van der Waals surface area contributed by atoms with Crippen molar-refractivity contribution in [3.63, 3.8) is 0 Å². The number of alkyl halides is 1. The average Bonchev–Trinajstić information content (AvgIpc) is 2.99. The fraction of sp³-hybridized carbons (Fsp3) is 0.214. The van der Waals surface area contributed by atoms with Crippen LogP contribution in [0.15, 0.2) is 42.6 Å². The third kappa shape index (κ3) is 2.40. The standard InChI is InChI=1S/C14H11Br2NO2S/c1-2-17-10-4-3-8(5-11(10)19-14(17)18)13(16)9-6-12(15)20-7-9/h3-7,13H,2H2,1H3. The lowest BCUT2D eigenvalue weighted by Gasteiger charge is -2.08. The van der Waals surface area contributed by atoms with Gasteiger partial charge in [0.2, 0.25) is 0 Å². The van der Waals surface area contributed by atoms with Gasteiger partial charge in [-0.25, -0.2) is 4.79 Å². The van der Waals surface area contributed by atoms with E-state index < -0.39 is 0 Å². The normalized spacial score (nSPS) is 12.9. The van der Waals surface area contributed by atoms with E-state index >= 15 is 0 Å². The molecule has 2 heterocycles. The number of fused-ring (bicyclic) bond motifs is 1. The Morgan fingerprint density at radius 3 is 2.80 bits per heavy atom. The van der Waals surface area contributed by atoms with Crippen LogP contribution in [0.25, 0.3) is 11.1 Å². The van der Waals surface area contributed by atoms with Gasteiger partial charge in [0.1, 0.15) is 0 Å². The molecule has 20 heavy (non-hydrogen) atoms. The van der Waals surface area contributed by atoms with Crippen LogP contribution in [0, 0.1) is 0 Å². The lowest BCUT2D eigenvalue weighted by Crippen LogP contribution is -2.11. The molecule has 3 aromatic rings. The Balaban J connectivity index is 2.07. The van der Waals surface area contributed by atoms with Crippen molar-refractivity contribution in [2.45, 2.75) is 18.3 Å². The molecule has 104 valence electrons. The quantitative estimate of drug-likeness (QED) is 0.567. The van der Waals surface area contributed by atoms with Crippen LogP contribution in [0.3, 0.4) is 0 Å². The minimum absolute atomic E-state index is 0.0877. The summed E-state index contributed by atoms with van der Waals surface area (Å²) in [6.45, 7) is 2.54. The SMILES string of the molecule is CCn1c(=O)oc2cc(C(Br)c3csc(Br)c3)ccc21. The van der Waals surface area contributed by atoms with E-state index in [0.717, 1.165) is 14.9 Å². The summed E-state index contributed by atoms with van der Waals surface area (Å²) in [6, 6.07) is 7.97. The second-order valence-electron chi connectivity index (χ2n) is 4.39. The van der Waals surface area contributed by atoms with Crippen molar-refractivity contribution in [3.8, 4) is 0 Å². The lowest BCUT2D eigenvalue weighted by molar-refractivity contribution is 0.513. The zero-order valence-corrected chi connectivity index (χ0v) is 14.6. The summed E-state index contributed by atoms with van der Waals surface area (Å²) in [7, 11) is 0. The number of nitrogens with zero attached hydrogens (tertiary/aromatic N) is 1. The summed E-state index contributed by atoms with van der Waals surface area (Å²) >= 11 is 8.81. The minimum atomic E-state index is -0.302. The van der Waals surface area contributed by atoms with E-state index in [0.29, 0.717) is 12.1 Å². The number of hydrogen-bond acceptors (Lipinski definition) is 3. The number of aromatic nitrogens is 1. The van der Waals surface area contributed by atoms with E-state index in [4.69, 9.17) is 4.42 Å². The molecule has 0 saturated carbocycles. The molecule has 0 saturated heterocycles. The largest absolute Gasteiger partial charge is 0.419 e. The Morgan fingerprint density at radius 1 is 1.35 bits per heavy atom. The summed E-state index contributed by atoms with van der Waals surface area (Å²) in [4.78, 5) is 11.8. The monoisotopic (exact) mass is 415 g/mol. The predicted octanol–water partition coefficient (Wildman–Crippen LogP) is 4.92. The maximum atomic E-state index is 11.7. The molecule has 0 spiro atoms. The van der Waals surface area contributed by atoms with Gasteiger partial charge in [0.15, 0.2) is 5.58 Å². The summed E-state index contributed by atoms with van der Waals surface area (Å²) < 4.78 is 8.03. The van der Waals surface area contributed by atoms with E-state index in [1.807, 2.05) is 25.1 Å². The first-order chi connectivity index (χ1) is 9.60. The van der Waals surface area contributed by atoms with Gasteiger partial charge in [0.25, 0.3) is 0 Å². The number of thiophene rings is 1. The number of benzene rings is 1. The fourth-order valence-corrected chi connectivity index (χ4v) is 4.11. The molecule has 0 fully saturated rings. The minimum Gasteiger partial charge on any atom is -0.408 e. The van der Waals surface area contributed by atoms with Crippen LogP contribution in [-0.4, -0.2) is 4.57 Å². The first kappa shape index (κ1) is 14.1. The highest BCUT2D eigenvalue weighted by Crippen LogP contribution is 2.36. The van der Waals surface area contributed by atoms with Crippen LogP contribution >= 0.6 is 43.2 Å². The smallest absolute Gasteiger partial charge is 0.408 e. The van der Waals surface area contributed by atoms with Gasteiger partial charge in [-0.15, -0.1) is 11.3 Å². The molecule has 1 aromatic carbocycles. The third-order valence-corrected chi connectivity index (χ3v) is 5.76. The maximum Gasteiger partial charge on any atom is 0.419 e. The second kappa shape index (κ2) is 5.50. The maximum absolute atomic E-state index is 11.7. The van der Waals surface area contributed by atoms with Crippen LogP contribution in [-0.2, 0) is 6.54 Å². The van der Waals surface area contributed by atoms with Crippen LogP contribution in [0.1, 0.15) is 22.9 Å². The predicted molar refractivity (Wildman–Crippen MR) is 88.9 cm³/mol. The van der Waals surface area contributed by atoms with E-state index in [1.165, 1.54) is 5.56 Å². The van der Waals surface area contributed by atoms with E-state index in [-0.39, 0.29) is 10.6 Å². The Morgan fingerprint density at radius 2 is 2.15 bits per heavy atom. The van der Waals surface area contributed by atoms with Crippen molar-refractivity contribution >= 4 is 54.3 Å². The summed E-state index contributed by atoms with van der Waals surface area (Å²) in [6.07, 6.45) is 0. The van der Waals surface area contributed by atoms with Gasteiger partial charge >= 0.3 is 5.76 Å². The molecule has 2 aromatic heterocycles. The molecule has 0 N–H and O–H groups in total. The van der Waals surface area contributed by atoms with Crippen LogP contribution in [0.5, 0.6) is 0 Å². The highest BCUT2D eigenvalue weighted by Gasteiger charge is 2.15. The summed E-state index contributed by atoms with van der Waals surface area (Å²) in [5.74, 6) is -0.302. The van der Waals surface area contributed by atoms with Crippen molar-refractivity contribution < 1.29 is 4.42 Å². The molecule has 0 bridgehead atoms. The highest BCUT2D eigenvalue weighted by atomic mass is 79.9. The second-order valence-corrected chi connectivity index (χ2v) is 7.59. The van der Waals surface area contributed by atoms with E-state index in [9.17, 15) is 4.79 Å². The van der Waals surface area contributed by atoms with Gasteiger partial charge in [-0.05, 0) is 57.6 Å². The van der Waals surface area contributed by atoms with E-state index in [2.05, 4.69) is 43.3 Å². The van der Waals surface area contributed by atoms with Crippen molar-refractivity contribution in [3.05, 3.63) is 55.1 Å². The zero-order chi connectivity index (χ0) is 14.3. The Hall–Kier alpha value is -0.850. The number of hydrogen-bond donors (Lipinski definition) is 0. The highest BCUT2D eigenvalue weighted by molar-refractivity contribution is 9.11. The van der Waals surface area contributed by atoms with Gasteiger partial charge in [0.05, 0.1) is 14.1 Å². The van der Waals surface area contributed by atoms with Gasteiger partial charge in [-0.1, -0.05) is 22.0 Å². The third-order valence-electron chi connectivity index (χ3n) is 3.18. The summed E-state index contributed by atoms with van der Waals surface area (Å²) in [5.41, 5.74) is 3.72. The van der Waals surface area contributed by atoms with Crippen molar-refractivity contribution in [1.82, 2.24) is 4.57 Å². The molecule has 0 radical (unpaired) electrons. The molecule has 0 amide bonds. The lowest BCUT2D eigenvalue weighted by atomic mass is 10.1. The number of halogens is 2. The molecular weight excluding hydrogens is 406 g/mol. The molecule has 3 rings (SSSR count). The molecule has 3 nitrogen and oxygen atoms in total. The number of oxazole rings is 1. The first-order valence-corrected chi connectivity index (χ1v) is 8.70. The van der Waals surface area contributed by atoms with Gasteiger partial charge in [0, 0.05) is 6.54 Å². The van der Waals surface area contributed by atoms with Crippen LogP contribution < -0.4 is 5.76 Å². The molecule has 1 atom stereocenters. The van der Waals surface area contributed by atoms with Crippen LogP contribution in [0.2, 0.25) is 0 Å². The van der Waals surface area contributed by atoms with Gasteiger partial charge < -0.3 is 4.42 Å². The molecule has 6 heteroatoms. The fourth-order valence-electron chi connectivity index (χ4n) is 2.19. The van der Waals surface area contributed by atoms with Crippen molar-refractivity contribution in [1.29, 1.82) is 0 Å². The van der Waals surface area contributed by atoms with Gasteiger partial charge in [-0.2, -0.15) is 0 Å². The van der Waals surface area contributed by atoms with Crippen LogP contribution in [0.4, 0.5) is 0 Å². The molecule has 0 aliphatic rings. The number of aryl methyl sites for hydroxylation is 1. The van der Waals surface area contributed by atoms with E-state index in [1.54, 1.807) is 15.9 Å². The average molecular weight is 417 g/mol. The Labute approximate surface area is 136 Å². The zero-order valence-electron chi connectivity index (χ0n) is 10.6.